The molecule has 7 heteroatoms. The number of anilines is 1. The van der Waals surface area contributed by atoms with E-state index in [1.54, 1.807) is 7.11 Å². The average molecular weight is 462 g/mol. The Morgan fingerprint density at radius 3 is 2.70 bits per heavy atom. The highest BCUT2D eigenvalue weighted by atomic mass is 32.1. The zero-order valence-corrected chi connectivity index (χ0v) is 20.0. The summed E-state index contributed by atoms with van der Waals surface area (Å²) in [5, 5.41) is 12.2. The van der Waals surface area contributed by atoms with E-state index in [2.05, 4.69) is 39.4 Å². The molecule has 0 radical (unpaired) electrons. The standard InChI is InChI=1S/C26H31N5OS/c1-30-24(15-23(29-30)21-10-6-7-11-25(21)32-2)22-17-31-13-12-18(22)14-20(31)16-27-26(33)28-19-8-4-3-5-9-19/h3-11,15,18,20,22H,12-14,16-17H2,1-2H3,(H2,27,28,33)/t18-,20+,22+/m0/s1. The Morgan fingerprint density at radius 1 is 1.15 bits per heavy atom. The van der Waals surface area contributed by atoms with Crippen LogP contribution in [-0.4, -0.2) is 52.6 Å². The number of aryl methyl sites for hydroxylation is 1. The molecule has 3 aliphatic heterocycles. The monoisotopic (exact) mass is 461 g/mol. The molecule has 0 aliphatic carbocycles. The van der Waals surface area contributed by atoms with E-state index in [1.807, 2.05) is 48.5 Å². The van der Waals surface area contributed by atoms with E-state index in [0.29, 0.717) is 23.0 Å². The van der Waals surface area contributed by atoms with Crippen molar-refractivity contribution in [1.29, 1.82) is 0 Å². The van der Waals surface area contributed by atoms with E-state index in [0.717, 1.165) is 42.3 Å². The van der Waals surface area contributed by atoms with Crippen molar-refractivity contribution in [3.63, 3.8) is 0 Å². The van der Waals surface area contributed by atoms with Crippen LogP contribution in [0.1, 0.15) is 24.5 Å². The van der Waals surface area contributed by atoms with Crippen LogP contribution in [-0.2, 0) is 7.05 Å². The van der Waals surface area contributed by atoms with Crippen LogP contribution in [0.4, 0.5) is 5.69 Å². The Morgan fingerprint density at radius 2 is 1.94 bits per heavy atom. The minimum Gasteiger partial charge on any atom is -0.496 e. The van der Waals surface area contributed by atoms with Gasteiger partial charge in [-0.1, -0.05) is 30.3 Å². The molecule has 2 N–H and O–H groups in total. The SMILES string of the molecule is COc1ccccc1-c1cc([C@@H]2CN3CC[C@H]2C[C@@H]3CNC(=S)Nc2ccccc2)n(C)n1. The molecule has 3 saturated heterocycles. The van der Waals surface area contributed by atoms with Gasteiger partial charge in [-0.2, -0.15) is 5.10 Å². The van der Waals surface area contributed by atoms with E-state index in [4.69, 9.17) is 22.1 Å². The number of methoxy groups -OCH3 is 1. The number of benzene rings is 2. The van der Waals surface area contributed by atoms with Crippen LogP contribution in [0.5, 0.6) is 5.75 Å². The number of para-hydroxylation sites is 2. The first-order valence-electron chi connectivity index (χ1n) is 11.6. The lowest BCUT2D eigenvalue weighted by Gasteiger charge is -2.50. The molecule has 3 aliphatic rings. The molecular formula is C26H31N5OS. The van der Waals surface area contributed by atoms with Gasteiger partial charge in [0.15, 0.2) is 5.11 Å². The second kappa shape index (κ2) is 9.53. The Balaban J connectivity index is 1.24. The summed E-state index contributed by atoms with van der Waals surface area (Å²) in [7, 11) is 3.78. The van der Waals surface area contributed by atoms with Gasteiger partial charge in [-0.3, -0.25) is 9.58 Å². The number of hydrogen-bond donors (Lipinski definition) is 2. The molecule has 0 amide bonds. The van der Waals surface area contributed by atoms with Crippen LogP contribution >= 0.6 is 12.2 Å². The molecular weight excluding hydrogens is 430 g/mol. The summed E-state index contributed by atoms with van der Waals surface area (Å²) in [4.78, 5) is 2.62. The number of nitrogens with zero attached hydrogens (tertiary/aromatic N) is 3. The third-order valence-electron chi connectivity index (χ3n) is 7.09. The molecule has 3 aromatic rings. The summed E-state index contributed by atoms with van der Waals surface area (Å²) < 4.78 is 7.63. The summed E-state index contributed by atoms with van der Waals surface area (Å²) in [5.74, 6) is 2.03. The number of aromatic nitrogens is 2. The van der Waals surface area contributed by atoms with Crippen LogP contribution in [0.25, 0.3) is 11.3 Å². The highest BCUT2D eigenvalue weighted by Crippen LogP contribution is 2.42. The van der Waals surface area contributed by atoms with E-state index in [9.17, 15) is 0 Å². The van der Waals surface area contributed by atoms with Gasteiger partial charge < -0.3 is 15.4 Å². The van der Waals surface area contributed by atoms with Crippen molar-refractivity contribution in [2.24, 2.45) is 13.0 Å². The number of rotatable bonds is 6. The smallest absolute Gasteiger partial charge is 0.170 e. The van der Waals surface area contributed by atoms with Gasteiger partial charge in [0.1, 0.15) is 5.75 Å². The molecule has 0 spiro atoms. The number of fused-ring (bicyclic) bond motifs is 3. The lowest BCUT2D eigenvalue weighted by atomic mass is 9.74. The molecule has 4 atom stereocenters. The predicted octanol–water partition coefficient (Wildman–Crippen LogP) is 4.26. The van der Waals surface area contributed by atoms with Gasteiger partial charge in [0.2, 0.25) is 0 Å². The van der Waals surface area contributed by atoms with E-state index in [1.165, 1.54) is 18.5 Å². The zero-order chi connectivity index (χ0) is 22.8. The molecule has 3 fully saturated rings. The van der Waals surface area contributed by atoms with Crippen molar-refractivity contribution >= 4 is 23.0 Å². The zero-order valence-electron chi connectivity index (χ0n) is 19.2. The Bertz CT molecular complexity index is 1110. The molecule has 172 valence electrons. The van der Waals surface area contributed by atoms with E-state index >= 15 is 0 Å². The second-order valence-corrected chi connectivity index (χ2v) is 9.43. The number of piperidine rings is 3. The maximum atomic E-state index is 5.56. The average Bonchev–Trinajstić information content (AvgIpc) is 3.25. The molecule has 2 aromatic carbocycles. The highest BCUT2D eigenvalue weighted by Gasteiger charge is 2.41. The van der Waals surface area contributed by atoms with Gasteiger partial charge in [0.25, 0.3) is 0 Å². The van der Waals surface area contributed by atoms with Crippen LogP contribution < -0.4 is 15.4 Å². The fourth-order valence-electron chi connectivity index (χ4n) is 5.41. The Kier molecular flexibility index (Phi) is 6.33. The maximum absolute atomic E-state index is 5.56. The minimum absolute atomic E-state index is 0.505. The molecule has 1 aromatic heterocycles. The predicted molar refractivity (Wildman–Crippen MR) is 137 cm³/mol. The first-order chi connectivity index (χ1) is 16.1. The quantitative estimate of drug-likeness (QED) is 0.535. The normalized spacial score (nSPS) is 23.8. The van der Waals surface area contributed by atoms with Crippen LogP contribution in [0.2, 0.25) is 0 Å². The first-order valence-corrected chi connectivity index (χ1v) is 12.0. The summed E-state index contributed by atoms with van der Waals surface area (Å²) in [5.41, 5.74) is 4.36. The fraction of sp³-hybridized carbons (Fsp3) is 0.385. The second-order valence-electron chi connectivity index (χ2n) is 9.02. The maximum Gasteiger partial charge on any atom is 0.170 e. The number of ether oxygens (including phenoxy) is 1. The van der Waals surface area contributed by atoms with E-state index in [-0.39, 0.29) is 0 Å². The van der Waals surface area contributed by atoms with Gasteiger partial charge in [-0.15, -0.1) is 0 Å². The minimum atomic E-state index is 0.505. The van der Waals surface area contributed by atoms with E-state index < -0.39 is 0 Å². The molecule has 6 rings (SSSR count). The van der Waals surface area contributed by atoms with Crippen molar-refractivity contribution in [1.82, 2.24) is 20.0 Å². The number of hydrogen-bond acceptors (Lipinski definition) is 4. The van der Waals surface area contributed by atoms with Crippen molar-refractivity contribution in [3.05, 3.63) is 66.4 Å². The molecule has 4 heterocycles. The number of thiocarbonyl (C=S) groups is 1. The molecule has 0 saturated carbocycles. The third kappa shape index (κ3) is 4.61. The largest absolute Gasteiger partial charge is 0.496 e. The number of nitrogens with one attached hydrogen (secondary N) is 2. The summed E-state index contributed by atoms with van der Waals surface area (Å²) in [6.07, 6.45) is 2.42. The third-order valence-corrected chi connectivity index (χ3v) is 7.33. The van der Waals surface area contributed by atoms with Gasteiger partial charge >= 0.3 is 0 Å². The van der Waals surface area contributed by atoms with Gasteiger partial charge in [0, 0.05) is 49.0 Å². The van der Waals surface area contributed by atoms with Gasteiger partial charge in [-0.05, 0) is 67.9 Å². The highest BCUT2D eigenvalue weighted by molar-refractivity contribution is 7.80. The molecule has 6 nitrogen and oxygen atoms in total. The van der Waals surface area contributed by atoms with Crippen molar-refractivity contribution in [2.75, 3.05) is 32.1 Å². The lowest BCUT2D eigenvalue weighted by Crippen LogP contribution is -2.56. The van der Waals surface area contributed by atoms with Crippen molar-refractivity contribution < 1.29 is 4.74 Å². The van der Waals surface area contributed by atoms with Crippen molar-refractivity contribution in [3.8, 4) is 17.0 Å². The summed E-state index contributed by atoms with van der Waals surface area (Å²) in [6.45, 7) is 3.10. The van der Waals surface area contributed by atoms with Crippen LogP contribution in [0.3, 0.4) is 0 Å². The summed E-state index contributed by atoms with van der Waals surface area (Å²) in [6, 6.07) is 20.9. The van der Waals surface area contributed by atoms with Crippen LogP contribution in [0.15, 0.2) is 60.7 Å². The first kappa shape index (κ1) is 21.9. The van der Waals surface area contributed by atoms with Crippen LogP contribution in [0, 0.1) is 5.92 Å². The fourth-order valence-corrected chi connectivity index (χ4v) is 5.61. The molecule has 1 unspecified atom stereocenters. The lowest BCUT2D eigenvalue weighted by molar-refractivity contribution is 0.0303. The van der Waals surface area contributed by atoms with Gasteiger partial charge in [0.05, 0.1) is 12.8 Å². The topological polar surface area (TPSA) is 54.4 Å². The summed E-state index contributed by atoms with van der Waals surface area (Å²) >= 11 is 5.51. The molecule has 33 heavy (non-hydrogen) atoms. The Labute approximate surface area is 200 Å². The van der Waals surface area contributed by atoms with Gasteiger partial charge in [-0.25, -0.2) is 0 Å². The Hall–Kier alpha value is -2.90. The van der Waals surface area contributed by atoms with Crippen molar-refractivity contribution in [2.45, 2.75) is 24.8 Å². The molecule has 2 bridgehead atoms.